The lowest BCUT2D eigenvalue weighted by Crippen LogP contribution is -2.10. The number of aryl methyl sites for hydroxylation is 1. The van der Waals surface area contributed by atoms with Gasteiger partial charge in [-0.15, -0.1) is 0 Å². The summed E-state index contributed by atoms with van der Waals surface area (Å²) < 4.78 is 6.15. The number of hydrogen-bond acceptors (Lipinski definition) is 1. The van der Waals surface area contributed by atoms with Crippen molar-refractivity contribution in [2.75, 3.05) is 0 Å². The van der Waals surface area contributed by atoms with E-state index in [1.807, 2.05) is 0 Å². The predicted octanol–water partition coefficient (Wildman–Crippen LogP) is 8.40. The van der Waals surface area contributed by atoms with E-state index in [1.54, 1.807) is 0 Å². The lowest BCUT2D eigenvalue weighted by atomic mass is 9.71. The second kappa shape index (κ2) is 7.23. The zero-order chi connectivity index (χ0) is 22.8. The van der Waals surface area contributed by atoms with Gasteiger partial charge in [0.2, 0.25) is 0 Å². The topological polar surface area (TPSA) is 13.1 Å². The monoisotopic (exact) mass is 433 g/mol. The summed E-state index contributed by atoms with van der Waals surface area (Å²) in [5.41, 5.74) is 6.88. The van der Waals surface area contributed by atoms with Gasteiger partial charge < -0.3 is 4.42 Å². The molecule has 1 radical (unpaired) electrons. The first-order valence-electron chi connectivity index (χ1n) is 11.8. The van der Waals surface area contributed by atoms with Crippen molar-refractivity contribution in [1.82, 2.24) is 0 Å². The van der Waals surface area contributed by atoms with Crippen molar-refractivity contribution in [3.63, 3.8) is 0 Å². The van der Waals surface area contributed by atoms with Gasteiger partial charge in [0.25, 0.3) is 0 Å². The number of fused-ring (bicyclic) bond motifs is 8. The fourth-order valence-electron chi connectivity index (χ4n) is 5.63. The molecule has 2 heteroatoms. The zero-order valence-corrected chi connectivity index (χ0v) is 19.2. The highest BCUT2D eigenvalue weighted by atomic mass is 16.3. The Morgan fingerprint density at radius 2 is 1.35 bits per heavy atom. The van der Waals surface area contributed by atoms with E-state index in [1.165, 1.54) is 65.2 Å². The summed E-state index contributed by atoms with van der Waals surface area (Å²) >= 11 is 0. The van der Waals surface area contributed by atoms with E-state index in [2.05, 4.69) is 118 Å². The molecule has 159 valence electrons. The molecule has 0 fully saturated rings. The van der Waals surface area contributed by atoms with Crippen LogP contribution in [-0.2, 0) is 0 Å². The van der Waals surface area contributed by atoms with E-state index in [0.717, 1.165) is 11.2 Å². The fraction of sp³-hybridized carbons (Fsp3) is 0.0625. The third kappa shape index (κ3) is 2.69. The molecule has 6 aromatic carbocycles. The van der Waals surface area contributed by atoms with Crippen LogP contribution in [-0.4, -0.2) is 7.28 Å². The maximum atomic E-state index is 6.15. The van der Waals surface area contributed by atoms with Crippen molar-refractivity contribution in [2.45, 2.75) is 13.7 Å². The molecular weight excluding hydrogens is 411 g/mol. The second-order valence-corrected chi connectivity index (χ2v) is 9.10. The Morgan fingerprint density at radius 3 is 2.26 bits per heavy atom. The fourth-order valence-corrected chi connectivity index (χ4v) is 5.63. The van der Waals surface area contributed by atoms with Gasteiger partial charge in [-0.1, -0.05) is 91.1 Å². The standard InChI is InChI=1S/C32H22BO/c1-19-22(21-11-17-30-28(18-21)32-29(33-2)8-5-9-31(32)34-30)13-15-25-23(19)14-16-26-24-7-4-3-6-20(24)10-12-27(25)26/h3-18H,1-2H3. The van der Waals surface area contributed by atoms with Gasteiger partial charge in [0, 0.05) is 10.8 Å². The molecule has 1 heterocycles. The van der Waals surface area contributed by atoms with Gasteiger partial charge >= 0.3 is 0 Å². The highest BCUT2D eigenvalue weighted by Crippen LogP contribution is 2.38. The minimum Gasteiger partial charge on any atom is -0.456 e. The first-order valence-corrected chi connectivity index (χ1v) is 11.8. The number of rotatable bonds is 2. The summed E-state index contributed by atoms with van der Waals surface area (Å²) in [5, 5.41) is 10.2. The molecule has 0 saturated heterocycles. The summed E-state index contributed by atoms with van der Waals surface area (Å²) in [6, 6.07) is 35.1. The third-order valence-electron chi connectivity index (χ3n) is 7.34. The molecule has 0 spiro atoms. The van der Waals surface area contributed by atoms with Crippen molar-refractivity contribution in [3.05, 3.63) is 103 Å². The highest BCUT2D eigenvalue weighted by molar-refractivity contribution is 6.56. The minimum atomic E-state index is 0.935. The van der Waals surface area contributed by atoms with E-state index < -0.39 is 0 Å². The van der Waals surface area contributed by atoms with Crippen LogP contribution < -0.4 is 5.46 Å². The van der Waals surface area contributed by atoms with Crippen LogP contribution in [0.15, 0.2) is 101 Å². The van der Waals surface area contributed by atoms with Crippen molar-refractivity contribution < 1.29 is 4.42 Å². The molecule has 1 aromatic heterocycles. The smallest absolute Gasteiger partial charge is 0.149 e. The van der Waals surface area contributed by atoms with Crippen LogP contribution in [0.5, 0.6) is 0 Å². The first kappa shape index (κ1) is 19.4. The van der Waals surface area contributed by atoms with E-state index >= 15 is 0 Å². The van der Waals surface area contributed by atoms with E-state index in [-0.39, 0.29) is 0 Å². The van der Waals surface area contributed by atoms with Gasteiger partial charge in [0.15, 0.2) is 0 Å². The Labute approximate surface area is 198 Å². The van der Waals surface area contributed by atoms with Crippen molar-refractivity contribution in [3.8, 4) is 11.1 Å². The van der Waals surface area contributed by atoms with Crippen LogP contribution >= 0.6 is 0 Å². The molecule has 0 unspecified atom stereocenters. The summed E-state index contributed by atoms with van der Waals surface area (Å²) in [7, 11) is 2.15. The Kier molecular flexibility index (Phi) is 4.13. The summed E-state index contributed by atoms with van der Waals surface area (Å²) in [5.74, 6) is 0. The van der Waals surface area contributed by atoms with E-state index in [4.69, 9.17) is 4.42 Å². The van der Waals surface area contributed by atoms with Crippen LogP contribution in [0.2, 0.25) is 6.82 Å². The normalized spacial score (nSPS) is 11.8. The molecule has 7 rings (SSSR count). The summed E-state index contributed by atoms with van der Waals surface area (Å²) in [6.07, 6.45) is 0. The van der Waals surface area contributed by atoms with Crippen LogP contribution in [0.1, 0.15) is 5.56 Å². The number of benzene rings is 6. The molecule has 0 atom stereocenters. The molecule has 7 aromatic rings. The van der Waals surface area contributed by atoms with Crippen molar-refractivity contribution >= 4 is 67.0 Å². The van der Waals surface area contributed by atoms with Crippen molar-refractivity contribution in [2.24, 2.45) is 0 Å². The Hall–Kier alpha value is -4.04. The first-order chi connectivity index (χ1) is 16.7. The van der Waals surface area contributed by atoms with E-state index in [0.29, 0.717) is 0 Å². The molecule has 0 bridgehead atoms. The molecule has 0 aliphatic carbocycles. The molecule has 0 aliphatic rings. The van der Waals surface area contributed by atoms with Crippen LogP contribution in [0, 0.1) is 6.92 Å². The average molecular weight is 433 g/mol. The Bertz CT molecular complexity index is 1910. The largest absolute Gasteiger partial charge is 0.456 e. The lowest BCUT2D eigenvalue weighted by Gasteiger charge is -2.13. The molecule has 0 saturated carbocycles. The zero-order valence-electron chi connectivity index (χ0n) is 19.2. The van der Waals surface area contributed by atoms with Crippen LogP contribution in [0.25, 0.3) is 65.4 Å². The number of furan rings is 1. The third-order valence-corrected chi connectivity index (χ3v) is 7.34. The quantitative estimate of drug-likeness (QED) is 0.197. The SMILES string of the molecule is C[B]c1cccc2oc3ccc(-c4ccc5c(ccc6c7ccccc7ccc56)c4C)cc3c12. The second-order valence-electron chi connectivity index (χ2n) is 9.10. The predicted molar refractivity (Wildman–Crippen MR) is 148 cm³/mol. The van der Waals surface area contributed by atoms with Gasteiger partial charge in [-0.25, -0.2) is 0 Å². The highest BCUT2D eigenvalue weighted by Gasteiger charge is 2.14. The van der Waals surface area contributed by atoms with Crippen LogP contribution in [0.3, 0.4) is 0 Å². The Morgan fingerprint density at radius 1 is 0.588 bits per heavy atom. The number of hydrogen-bond donors (Lipinski definition) is 0. The van der Waals surface area contributed by atoms with Gasteiger partial charge in [-0.3, -0.25) is 0 Å². The lowest BCUT2D eigenvalue weighted by molar-refractivity contribution is 0.669. The minimum absolute atomic E-state index is 0.935. The van der Waals surface area contributed by atoms with Crippen LogP contribution in [0.4, 0.5) is 0 Å². The molecule has 34 heavy (non-hydrogen) atoms. The van der Waals surface area contributed by atoms with Gasteiger partial charge in [-0.05, 0) is 74.1 Å². The van der Waals surface area contributed by atoms with E-state index in [9.17, 15) is 0 Å². The van der Waals surface area contributed by atoms with Gasteiger partial charge in [-0.2, -0.15) is 0 Å². The average Bonchev–Trinajstić information content (AvgIpc) is 3.26. The van der Waals surface area contributed by atoms with Gasteiger partial charge in [0.1, 0.15) is 18.4 Å². The molecule has 0 N–H and O–H groups in total. The Balaban J connectivity index is 1.47. The molecular formula is C32H22BO. The maximum absolute atomic E-state index is 6.15. The van der Waals surface area contributed by atoms with Gasteiger partial charge in [0.05, 0.1) is 0 Å². The molecule has 1 nitrogen and oxygen atoms in total. The molecule has 0 amide bonds. The molecule has 0 aliphatic heterocycles. The summed E-state index contributed by atoms with van der Waals surface area (Å²) in [6.45, 7) is 4.33. The maximum Gasteiger partial charge on any atom is 0.149 e. The van der Waals surface area contributed by atoms with Crippen molar-refractivity contribution in [1.29, 1.82) is 0 Å². The summed E-state index contributed by atoms with van der Waals surface area (Å²) in [4.78, 5) is 0.